The zero-order chi connectivity index (χ0) is 25.8. The summed E-state index contributed by atoms with van der Waals surface area (Å²) in [5.74, 6) is -1.22. The minimum absolute atomic E-state index is 0.0277. The zero-order valence-corrected chi connectivity index (χ0v) is 21.6. The number of ether oxygens (including phenoxy) is 2. The summed E-state index contributed by atoms with van der Waals surface area (Å²) in [5.41, 5.74) is 0.741. The van der Waals surface area contributed by atoms with E-state index >= 15 is 0 Å². The van der Waals surface area contributed by atoms with Crippen molar-refractivity contribution in [1.29, 1.82) is 0 Å². The van der Waals surface area contributed by atoms with Gasteiger partial charge in [0.1, 0.15) is 6.54 Å². The van der Waals surface area contributed by atoms with Crippen LogP contribution in [-0.2, 0) is 9.59 Å². The van der Waals surface area contributed by atoms with Crippen molar-refractivity contribution in [3.05, 3.63) is 62.5 Å². The number of esters is 1. The van der Waals surface area contributed by atoms with Gasteiger partial charge in [-0.05, 0) is 79.6 Å². The highest BCUT2D eigenvalue weighted by Crippen LogP contribution is 2.39. The first-order valence-electron chi connectivity index (χ1n) is 11.2. The lowest BCUT2D eigenvalue weighted by Crippen LogP contribution is -2.40. The summed E-state index contributed by atoms with van der Waals surface area (Å²) in [6.07, 6.45) is 3.33. The van der Waals surface area contributed by atoms with Gasteiger partial charge in [-0.25, -0.2) is 4.79 Å². The van der Waals surface area contributed by atoms with Gasteiger partial charge in [-0.1, -0.05) is 23.2 Å². The third-order valence-electron chi connectivity index (χ3n) is 5.53. The van der Waals surface area contributed by atoms with Gasteiger partial charge in [0.15, 0.2) is 11.5 Å². The number of thioether (sulfide) groups is 1. The predicted octanol–water partition coefficient (Wildman–Crippen LogP) is 5.27. The molecule has 36 heavy (non-hydrogen) atoms. The van der Waals surface area contributed by atoms with E-state index in [0.717, 1.165) is 29.5 Å². The molecule has 0 N–H and O–H groups in total. The Morgan fingerprint density at radius 2 is 1.78 bits per heavy atom. The van der Waals surface area contributed by atoms with Gasteiger partial charge in [0.05, 0.1) is 22.1 Å². The number of hydrogen-bond donors (Lipinski definition) is 0. The Balaban J connectivity index is 1.54. The fraction of sp³-hybridized carbons (Fsp3) is 0.280. The Morgan fingerprint density at radius 3 is 2.44 bits per heavy atom. The van der Waals surface area contributed by atoms with E-state index in [9.17, 15) is 19.2 Å². The Bertz CT molecular complexity index is 1240. The van der Waals surface area contributed by atoms with E-state index in [1.165, 1.54) is 24.3 Å². The molecule has 2 aliphatic rings. The number of carbonyl (C=O) groups excluding carboxylic acids is 4. The smallest absolute Gasteiger partial charge is 0.343 e. The standard InChI is InChI=1S/C25H22Cl2N2O6S/c1-2-34-19-12-15(11-18(27)22(19)35-24(32)16-5-7-17(26)8-6-16)13-20-23(31)29(25(33)36-20)14-21(30)28-9-3-4-10-28/h5-8,11-13H,2-4,9-10,14H2,1H3/b20-13-. The van der Waals surface area contributed by atoms with Gasteiger partial charge in [0.25, 0.3) is 11.1 Å². The molecule has 2 aromatic carbocycles. The van der Waals surface area contributed by atoms with E-state index < -0.39 is 17.1 Å². The van der Waals surface area contributed by atoms with Crippen molar-refractivity contribution >= 4 is 64.1 Å². The Kier molecular flexibility index (Phi) is 8.23. The molecule has 2 fully saturated rings. The Hall–Kier alpha value is -3.01. The summed E-state index contributed by atoms with van der Waals surface area (Å²) in [6.45, 7) is 3.01. The highest BCUT2D eigenvalue weighted by Gasteiger charge is 2.37. The summed E-state index contributed by atoms with van der Waals surface area (Å²) in [6, 6.07) is 9.24. The third kappa shape index (κ3) is 5.86. The molecule has 2 aliphatic heterocycles. The molecule has 0 radical (unpaired) electrons. The average molecular weight is 549 g/mol. The van der Waals surface area contributed by atoms with Crippen LogP contribution < -0.4 is 9.47 Å². The first-order chi connectivity index (χ1) is 17.3. The second kappa shape index (κ2) is 11.4. The largest absolute Gasteiger partial charge is 0.490 e. The lowest BCUT2D eigenvalue weighted by molar-refractivity contribution is -0.135. The van der Waals surface area contributed by atoms with Crippen LogP contribution in [0.15, 0.2) is 41.3 Å². The van der Waals surface area contributed by atoms with E-state index in [0.29, 0.717) is 23.7 Å². The SMILES string of the molecule is CCOc1cc(/C=C2\SC(=O)N(CC(=O)N3CCCC3)C2=O)cc(Cl)c1OC(=O)c1ccc(Cl)cc1. The Labute approximate surface area is 222 Å². The van der Waals surface area contributed by atoms with Crippen molar-refractivity contribution in [1.82, 2.24) is 9.80 Å². The van der Waals surface area contributed by atoms with E-state index in [4.69, 9.17) is 32.7 Å². The summed E-state index contributed by atoms with van der Waals surface area (Å²) in [4.78, 5) is 53.1. The molecule has 0 unspecified atom stereocenters. The number of benzene rings is 2. The lowest BCUT2D eigenvalue weighted by Gasteiger charge is -2.18. The summed E-state index contributed by atoms with van der Waals surface area (Å²) in [7, 11) is 0. The van der Waals surface area contributed by atoms with Gasteiger partial charge in [-0.3, -0.25) is 19.3 Å². The van der Waals surface area contributed by atoms with Crippen molar-refractivity contribution in [3.63, 3.8) is 0 Å². The maximum atomic E-state index is 12.9. The number of amides is 3. The van der Waals surface area contributed by atoms with Crippen molar-refractivity contribution in [2.45, 2.75) is 19.8 Å². The molecular weight excluding hydrogens is 527 g/mol. The second-order valence-electron chi connectivity index (χ2n) is 8.02. The van der Waals surface area contributed by atoms with Crippen LogP contribution in [0.25, 0.3) is 6.08 Å². The van der Waals surface area contributed by atoms with Crippen LogP contribution in [0.5, 0.6) is 11.5 Å². The molecule has 8 nitrogen and oxygen atoms in total. The molecule has 11 heteroatoms. The lowest BCUT2D eigenvalue weighted by atomic mass is 10.1. The highest BCUT2D eigenvalue weighted by atomic mass is 35.5. The van der Waals surface area contributed by atoms with Gasteiger partial charge in [-0.2, -0.15) is 0 Å². The summed E-state index contributed by atoms with van der Waals surface area (Å²) >= 11 is 13.0. The molecule has 0 saturated carbocycles. The zero-order valence-electron chi connectivity index (χ0n) is 19.3. The van der Waals surface area contributed by atoms with Crippen LogP contribution in [0.4, 0.5) is 4.79 Å². The normalized spacial score (nSPS) is 16.7. The molecule has 0 atom stereocenters. The van der Waals surface area contributed by atoms with Gasteiger partial charge < -0.3 is 14.4 Å². The van der Waals surface area contributed by atoms with E-state index in [-0.39, 0.29) is 46.0 Å². The second-order valence-corrected chi connectivity index (χ2v) is 9.85. The summed E-state index contributed by atoms with van der Waals surface area (Å²) < 4.78 is 11.1. The molecular formula is C25H22Cl2N2O6S. The topological polar surface area (TPSA) is 93.2 Å². The van der Waals surface area contributed by atoms with Gasteiger partial charge in [0.2, 0.25) is 5.91 Å². The van der Waals surface area contributed by atoms with Crippen LogP contribution in [-0.4, -0.2) is 59.1 Å². The van der Waals surface area contributed by atoms with Crippen LogP contribution in [0.2, 0.25) is 10.0 Å². The fourth-order valence-corrected chi connectivity index (χ4v) is 4.98. The van der Waals surface area contributed by atoms with E-state index in [2.05, 4.69) is 0 Å². The van der Waals surface area contributed by atoms with Gasteiger partial charge >= 0.3 is 5.97 Å². The van der Waals surface area contributed by atoms with Crippen molar-refractivity contribution in [2.75, 3.05) is 26.2 Å². The van der Waals surface area contributed by atoms with Crippen molar-refractivity contribution in [3.8, 4) is 11.5 Å². The van der Waals surface area contributed by atoms with Gasteiger partial charge in [-0.15, -0.1) is 0 Å². The fourth-order valence-electron chi connectivity index (χ4n) is 3.76. The minimum Gasteiger partial charge on any atom is -0.490 e. The average Bonchev–Trinajstić information content (AvgIpc) is 3.47. The minimum atomic E-state index is -0.647. The van der Waals surface area contributed by atoms with Crippen molar-refractivity contribution < 1.29 is 28.7 Å². The predicted molar refractivity (Wildman–Crippen MR) is 138 cm³/mol. The molecule has 2 aromatic rings. The third-order valence-corrected chi connectivity index (χ3v) is 6.97. The van der Waals surface area contributed by atoms with Crippen molar-refractivity contribution in [2.24, 2.45) is 0 Å². The molecule has 4 rings (SSSR count). The monoisotopic (exact) mass is 548 g/mol. The van der Waals surface area contributed by atoms with E-state index in [1.807, 2.05) is 0 Å². The summed E-state index contributed by atoms with van der Waals surface area (Å²) in [5, 5.41) is 0.0511. The number of halogens is 2. The molecule has 188 valence electrons. The number of nitrogens with zero attached hydrogens (tertiary/aromatic N) is 2. The first kappa shape index (κ1) is 26.1. The molecule has 0 bridgehead atoms. The van der Waals surface area contributed by atoms with E-state index in [1.54, 1.807) is 30.0 Å². The molecule has 3 amide bonds. The van der Waals surface area contributed by atoms with Crippen LogP contribution in [0, 0.1) is 0 Å². The molecule has 2 saturated heterocycles. The maximum Gasteiger partial charge on any atom is 0.343 e. The van der Waals surface area contributed by atoms with Crippen LogP contribution in [0.3, 0.4) is 0 Å². The van der Waals surface area contributed by atoms with Gasteiger partial charge in [0, 0.05) is 18.1 Å². The molecule has 0 aliphatic carbocycles. The number of imide groups is 1. The number of carbonyl (C=O) groups is 4. The quantitative estimate of drug-likeness (QED) is 0.264. The maximum absolute atomic E-state index is 12.9. The molecule has 0 aromatic heterocycles. The number of likely N-dealkylation sites (tertiary alicyclic amines) is 1. The Morgan fingerprint density at radius 1 is 1.08 bits per heavy atom. The number of rotatable bonds is 7. The highest BCUT2D eigenvalue weighted by molar-refractivity contribution is 8.18. The number of hydrogen-bond acceptors (Lipinski definition) is 7. The molecule has 2 heterocycles. The molecule has 0 spiro atoms. The van der Waals surface area contributed by atoms with Crippen LogP contribution >= 0.6 is 35.0 Å². The first-order valence-corrected chi connectivity index (χ1v) is 12.8. The van der Waals surface area contributed by atoms with Crippen LogP contribution in [0.1, 0.15) is 35.7 Å².